The molecule has 2 unspecified atom stereocenters. The fourth-order valence-electron chi connectivity index (χ4n) is 2.35. The molecule has 0 amide bonds. The molecule has 0 aromatic rings. The molecule has 3 N–H and O–H groups in total. The minimum Gasteiger partial charge on any atom is -0.390 e. The Bertz CT molecular complexity index is 170. The smallest absolute Gasteiger partial charge is 0.0822 e. The van der Waals surface area contributed by atoms with E-state index in [0.29, 0.717) is 6.54 Å². The lowest BCUT2D eigenvalue weighted by Gasteiger charge is -2.35. The van der Waals surface area contributed by atoms with Crippen LogP contribution in [0.1, 0.15) is 34.1 Å². The highest BCUT2D eigenvalue weighted by atomic mass is 16.3. The Labute approximate surface area is 107 Å². The van der Waals surface area contributed by atoms with E-state index in [9.17, 15) is 5.11 Å². The van der Waals surface area contributed by atoms with E-state index < -0.39 is 0 Å². The molecular weight excluding hydrogens is 214 g/mol. The maximum absolute atomic E-state index is 10.4. The predicted octanol–water partition coefficient (Wildman–Crippen LogP) is 0.748. The number of hydrogen-bond donors (Lipinski definition) is 2. The number of nitrogens with two attached hydrogens (primary N) is 1. The molecule has 2 atom stereocenters. The monoisotopic (exact) mass is 245 g/mol. The van der Waals surface area contributed by atoms with Gasteiger partial charge in [0.25, 0.3) is 0 Å². The number of hydrogen-bond acceptors (Lipinski definition) is 4. The molecule has 0 radical (unpaired) electrons. The standard InChI is InChI=1S/C13H31N3O/c1-5-15(6-2)11-13(17)12(9-10-14)16(7-3)8-4/h12-13,17H,5-11,14H2,1-4H3. The molecule has 0 spiro atoms. The highest BCUT2D eigenvalue weighted by Gasteiger charge is 2.24. The molecule has 0 saturated carbocycles. The lowest BCUT2D eigenvalue weighted by Crippen LogP contribution is -2.49. The van der Waals surface area contributed by atoms with E-state index in [-0.39, 0.29) is 12.1 Å². The summed E-state index contributed by atoms with van der Waals surface area (Å²) in [5.74, 6) is 0. The van der Waals surface area contributed by atoms with Gasteiger partial charge in [-0.25, -0.2) is 0 Å². The molecule has 0 aromatic heterocycles. The third kappa shape index (κ3) is 5.82. The van der Waals surface area contributed by atoms with Gasteiger partial charge in [0.2, 0.25) is 0 Å². The summed E-state index contributed by atoms with van der Waals surface area (Å²) in [5, 5.41) is 10.4. The van der Waals surface area contributed by atoms with Crippen molar-refractivity contribution in [2.75, 3.05) is 39.3 Å². The van der Waals surface area contributed by atoms with Gasteiger partial charge in [-0.1, -0.05) is 27.7 Å². The number of nitrogens with zero attached hydrogens (tertiary/aromatic N) is 2. The van der Waals surface area contributed by atoms with Crippen molar-refractivity contribution in [3.05, 3.63) is 0 Å². The normalized spacial score (nSPS) is 15.5. The van der Waals surface area contributed by atoms with Crippen molar-refractivity contribution in [2.45, 2.75) is 46.3 Å². The first-order valence-corrected chi connectivity index (χ1v) is 6.98. The fourth-order valence-corrected chi connectivity index (χ4v) is 2.35. The molecule has 0 bridgehead atoms. The van der Waals surface area contributed by atoms with Gasteiger partial charge in [0, 0.05) is 12.6 Å². The molecule has 104 valence electrons. The lowest BCUT2D eigenvalue weighted by atomic mass is 10.0. The molecule has 0 aliphatic carbocycles. The first kappa shape index (κ1) is 16.8. The Morgan fingerprint density at radius 2 is 1.53 bits per heavy atom. The zero-order chi connectivity index (χ0) is 13.3. The minimum atomic E-state index is -0.307. The second kappa shape index (κ2) is 9.83. The number of likely N-dealkylation sites (N-methyl/N-ethyl adjacent to an activating group) is 2. The Balaban J connectivity index is 4.45. The van der Waals surface area contributed by atoms with Crippen molar-refractivity contribution in [3.8, 4) is 0 Å². The Morgan fingerprint density at radius 3 is 1.88 bits per heavy atom. The summed E-state index contributed by atoms with van der Waals surface area (Å²) in [6, 6.07) is 0.190. The first-order chi connectivity index (χ1) is 8.14. The molecule has 0 rings (SSSR count). The molecule has 4 nitrogen and oxygen atoms in total. The van der Waals surface area contributed by atoms with Gasteiger partial charge >= 0.3 is 0 Å². The van der Waals surface area contributed by atoms with Crippen LogP contribution in [0.15, 0.2) is 0 Å². The lowest BCUT2D eigenvalue weighted by molar-refractivity contribution is 0.0264. The van der Waals surface area contributed by atoms with Crippen LogP contribution in [-0.4, -0.2) is 66.3 Å². The summed E-state index contributed by atoms with van der Waals surface area (Å²) in [4.78, 5) is 4.57. The van der Waals surface area contributed by atoms with Gasteiger partial charge in [0.15, 0.2) is 0 Å². The third-order valence-corrected chi connectivity index (χ3v) is 3.53. The van der Waals surface area contributed by atoms with E-state index >= 15 is 0 Å². The summed E-state index contributed by atoms with van der Waals surface area (Å²) in [6.07, 6.45) is 0.558. The molecule has 0 heterocycles. The summed E-state index contributed by atoms with van der Waals surface area (Å²) in [5.41, 5.74) is 5.66. The van der Waals surface area contributed by atoms with Gasteiger partial charge < -0.3 is 15.7 Å². The minimum absolute atomic E-state index is 0.190. The fraction of sp³-hybridized carbons (Fsp3) is 1.00. The Kier molecular flexibility index (Phi) is 9.74. The zero-order valence-corrected chi connectivity index (χ0v) is 12.0. The third-order valence-electron chi connectivity index (χ3n) is 3.53. The zero-order valence-electron chi connectivity index (χ0n) is 12.0. The van der Waals surface area contributed by atoms with Crippen LogP contribution >= 0.6 is 0 Å². The van der Waals surface area contributed by atoms with Crippen LogP contribution in [0.2, 0.25) is 0 Å². The van der Waals surface area contributed by atoms with Gasteiger partial charge in [-0.15, -0.1) is 0 Å². The highest BCUT2D eigenvalue weighted by molar-refractivity contribution is 4.80. The molecule has 0 fully saturated rings. The van der Waals surface area contributed by atoms with Crippen LogP contribution in [0, 0.1) is 0 Å². The molecule has 0 aliphatic heterocycles. The van der Waals surface area contributed by atoms with Gasteiger partial charge in [0.05, 0.1) is 6.10 Å². The van der Waals surface area contributed by atoms with Gasteiger partial charge in [0.1, 0.15) is 0 Å². The van der Waals surface area contributed by atoms with Gasteiger partial charge in [-0.05, 0) is 39.1 Å². The van der Waals surface area contributed by atoms with Crippen molar-refractivity contribution in [1.29, 1.82) is 0 Å². The molecule has 0 saturated heterocycles. The summed E-state index contributed by atoms with van der Waals surface area (Å²) >= 11 is 0. The van der Waals surface area contributed by atoms with E-state index in [1.807, 2.05) is 0 Å². The van der Waals surface area contributed by atoms with E-state index in [1.54, 1.807) is 0 Å². The van der Waals surface area contributed by atoms with Crippen molar-refractivity contribution < 1.29 is 5.11 Å². The number of aliphatic hydroxyl groups excluding tert-OH is 1. The second-order valence-electron chi connectivity index (χ2n) is 4.42. The Morgan fingerprint density at radius 1 is 1.00 bits per heavy atom. The summed E-state index contributed by atoms with van der Waals surface area (Å²) in [6.45, 7) is 13.8. The number of aliphatic hydroxyl groups is 1. The van der Waals surface area contributed by atoms with Crippen molar-refractivity contribution in [2.24, 2.45) is 5.73 Å². The highest BCUT2D eigenvalue weighted by Crippen LogP contribution is 2.10. The first-order valence-electron chi connectivity index (χ1n) is 6.98. The van der Waals surface area contributed by atoms with E-state index in [4.69, 9.17) is 5.73 Å². The summed E-state index contributed by atoms with van der Waals surface area (Å²) < 4.78 is 0. The maximum Gasteiger partial charge on any atom is 0.0822 e. The molecule has 17 heavy (non-hydrogen) atoms. The van der Waals surface area contributed by atoms with Crippen LogP contribution in [0.4, 0.5) is 0 Å². The quantitative estimate of drug-likeness (QED) is 0.596. The predicted molar refractivity (Wildman–Crippen MR) is 74.2 cm³/mol. The van der Waals surface area contributed by atoms with Crippen LogP contribution < -0.4 is 5.73 Å². The molecule has 0 aliphatic rings. The average Bonchev–Trinajstić information content (AvgIpc) is 2.35. The van der Waals surface area contributed by atoms with Crippen molar-refractivity contribution in [1.82, 2.24) is 9.80 Å². The van der Waals surface area contributed by atoms with E-state index in [2.05, 4.69) is 37.5 Å². The molecular formula is C13H31N3O. The van der Waals surface area contributed by atoms with Crippen LogP contribution in [0.25, 0.3) is 0 Å². The SMILES string of the molecule is CCN(CC)CC(O)C(CCN)N(CC)CC. The average molecular weight is 245 g/mol. The maximum atomic E-state index is 10.4. The van der Waals surface area contributed by atoms with Gasteiger partial charge in [-0.2, -0.15) is 0 Å². The van der Waals surface area contributed by atoms with Crippen molar-refractivity contribution >= 4 is 0 Å². The van der Waals surface area contributed by atoms with Crippen molar-refractivity contribution in [3.63, 3.8) is 0 Å². The molecule has 4 heteroatoms. The largest absolute Gasteiger partial charge is 0.390 e. The topological polar surface area (TPSA) is 52.7 Å². The van der Waals surface area contributed by atoms with Crippen LogP contribution in [-0.2, 0) is 0 Å². The van der Waals surface area contributed by atoms with Crippen LogP contribution in [0.5, 0.6) is 0 Å². The summed E-state index contributed by atoms with van der Waals surface area (Å²) in [7, 11) is 0. The number of rotatable bonds is 10. The van der Waals surface area contributed by atoms with Gasteiger partial charge in [-0.3, -0.25) is 4.90 Å². The Hall–Kier alpha value is -0.160. The van der Waals surface area contributed by atoms with E-state index in [0.717, 1.165) is 39.1 Å². The van der Waals surface area contributed by atoms with E-state index in [1.165, 1.54) is 0 Å². The molecule has 0 aromatic carbocycles. The second-order valence-corrected chi connectivity index (χ2v) is 4.42. The van der Waals surface area contributed by atoms with Crippen LogP contribution in [0.3, 0.4) is 0 Å².